The van der Waals surface area contributed by atoms with Crippen molar-refractivity contribution < 1.29 is 9.53 Å². The highest BCUT2D eigenvalue weighted by Crippen LogP contribution is 2.34. The molecule has 0 aliphatic carbocycles. The van der Waals surface area contributed by atoms with Crippen LogP contribution in [0.2, 0.25) is 0 Å². The number of fused-ring (bicyclic) bond motifs is 2. The minimum absolute atomic E-state index is 0.0791. The summed E-state index contributed by atoms with van der Waals surface area (Å²) >= 11 is 1.53. The zero-order valence-corrected chi connectivity index (χ0v) is 21.6. The van der Waals surface area contributed by atoms with Crippen LogP contribution in [0.5, 0.6) is 5.75 Å². The molecule has 6 rings (SSSR count). The Labute approximate surface area is 218 Å². The van der Waals surface area contributed by atoms with Gasteiger partial charge in [0.1, 0.15) is 11.1 Å². The van der Waals surface area contributed by atoms with Crippen LogP contribution in [-0.2, 0) is 4.79 Å². The van der Waals surface area contributed by atoms with E-state index in [-0.39, 0.29) is 17.5 Å². The molecule has 2 aromatic heterocycles. The molecule has 4 aromatic rings. The Balaban J connectivity index is 1.17. The summed E-state index contributed by atoms with van der Waals surface area (Å²) in [5.41, 5.74) is 3.50. The Bertz CT molecular complexity index is 1520. The topological polar surface area (TPSA) is 85.5 Å². The van der Waals surface area contributed by atoms with Crippen molar-refractivity contribution in [2.24, 2.45) is 0 Å². The Morgan fingerprint density at radius 3 is 2.57 bits per heavy atom. The molecule has 0 spiro atoms. The number of anilines is 1. The number of aromatic nitrogens is 4. The Morgan fingerprint density at radius 1 is 1.08 bits per heavy atom. The molecular weight excluding hydrogens is 488 g/mol. The number of benzene rings is 2. The van der Waals surface area contributed by atoms with Crippen molar-refractivity contribution in [2.75, 3.05) is 43.9 Å². The highest BCUT2D eigenvalue weighted by atomic mass is 32.2. The predicted molar refractivity (Wildman–Crippen MR) is 144 cm³/mol. The quantitative estimate of drug-likeness (QED) is 0.376. The van der Waals surface area contributed by atoms with E-state index in [0.717, 1.165) is 35.8 Å². The standard InChI is InChI=1S/C27H28N6O3S/c1-18-5-3-4-6-23(18)33-25-22(16-28-33)26(35)32-20(17-37-27(32)29-25)15-24(34)31-13-11-30(12-14-31)19-7-9-21(36-2)10-8-19/h3-10,16,20H,11-15,17H2,1-2H3. The first-order valence-corrected chi connectivity index (χ1v) is 13.4. The van der Waals surface area contributed by atoms with E-state index in [1.807, 2.05) is 60.4 Å². The van der Waals surface area contributed by atoms with Crippen molar-refractivity contribution in [3.05, 3.63) is 70.6 Å². The molecule has 10 heteroatoms. The molecule has 2 aliphatic heterocycles. The number of piperazine rings is 1. The van der Waals surface area contributed by atoms with Gasteiger partial charge in [0.25, 0.3) is 5.56 Å². The fourth-order valence-corrected chi connectivity index (χ4v) is 6.23. The monoisotopic (exact) mass is 516 g/mol. The molecule has 37 heavy (non-hydrogen) atoms. The zero-order chi connectivity index (χ0) is 25.5. The number of aryl methyl sites for hydroxylation is 1. The summed E-state index contributed by atoms with van der Waals surface area (Å²) in [5.74, 6) is 1.57. The van der Waals surface area contributed by atoms with Gasteiger partial charge in [-0.05, 0) is 42.8 Å². The Kier molecular flexibility index (Phi) is 6.11. The fraction of sp³-hybridized carbons (Fsp3) is 0.333. The minimum Gasteiger partial charge on any atom is -0.497 e. The van der Waals surface area contributed by atoms with Crippen LogP contribution in [0, 0.1) is 6.92 Å². The molecule has 0 bridgehead atoms. The molecule has 0 saturated carbocycles. The molecule has 190 valence electrons. The third-order valence-electron chi connectivity index (χ3n) is 7.19. The van der Waals surface area contributed by atoms with Gasteiger partial charge in [-0.2, -0.15) is 5.10 Å². The summed E-state index contributed by atoms with van der Waals surface area (Å²) in [5, 5.41) is 5.59. The van der Waals surface area contributed by atoms with Crippen LogP contribution >= 0.6 is 11.8 Å². The highest BCUT2D eigenvalue weighted by Gasteiger charge is 2.32. The second-order valence-electron chi connectivity index (χ2n) is 9.38. The van der Waals surface area contributed by atoms with Crippen LogP contribution < -0.4 is 15.2 Å². The van der Waals surface area contributed by atoms with Gasteiger partial charge < -0.3 is 14.5 Å². The first kappa shape index (κ1) is 23.6. The minimum atomic E-state index is -0.210. The lowest BCUT2D eigenvalue weighted by molar-refractivity contribution is -0.132. The molecule has 2 aromatic carbocycles. The second kappa shape index (κ2) is 9.59. The zero-order valence-electron chi connectivity index (χ0n) is 20.8. The van der Waals surface area contributed by atoms with Crippen LogP contribution in [-0.4, -0.2) is 69.2 Å². The number of rotatable bonds is 5. The van der Waals surface area contributed by atoms with Gasteiger partial charge in [0, 0.05) is 44.0 Å². The molecule has 9 nitrogen and oxygen atoms in total. The van der Waals surface area contributed by atoms with E-state index in [4.69, 9.17) is 9.72 Å². The van der Waals surface area contributed by atoms with Crippen molar-refractivity contribution in [3.63, 3.8) is 0 Å². The van der Waals surface area contributed by atoms with Gasteiger partial charge in [0.05, 0.1) is 25.0 Å². The molecule has 2 aliphatic rings. The smallest absolute Gasteiger partial charge is 0.265 e. The van der Waals surface area contributed by atoms with Gasteiger partial charge in [-0.3, -0.25) is 14.2 Å². The number of hydrogen-bond acceptors (Lipinski definition) is 7. The number of carbonyl (C=O) groups is 1. The van der Waals surface area contributed by atoms with Crippen LogP contribution in [0.1, 0.15) is 18.0 Å². The lowest BCUT2D eigenvalue weighted by atomic mass is 10.1. The predicted octanol–water partition coefficient (Wildman–Crippen LogP) is 3.28. The Hall–Kier alpha value is -3.79. The SMILES string of the molecule is COc1ccc(N2CCN(C(=O)CC3CSc4nc5c(cnn5-c5ccccc5C)c(=O)n43)CC2)cc1. The number of nitrogens with zero attached hydrogens (tertiary/aromatic N) is 6. The van der Waals surface area contributed by atoms with Crippen molar-refractivity contribution >= 4 is 34.4 Å². The summed E-state index contributed by atoms with van der Waals surface area (Å²) < 4.78 is 8.67. The third kappa shape index (κ3) is 4.25. The van der Waals surface area contributed by atoms with E-state index >= 15 is 0 Å². The molecule has 1 unspecified atom stereocenters. The molecule has 1 amide bonds. The van der Waals surface area contributed by atoms with Crippen LogP contribution in [0.3, 0.4) is 0 Å². The van der Waals surface area contributed by atoms with Gasteiger partial charge in [0.15, 0.2) is 10.8 Å². The van der Waals surface area contributed by atoms with Gasteiger partial charge >= 0.3 is 0 Å². The first-order chi connectivity index (χ1) is 18.0. The van der Waals surface area contributed by atoms with Crippen LogP contribution in [0.15, 0.2) is 64.7 Å². The van der Waals surface area contributed by atoms with Crippen molar-refractivity contribution in [2.45, 2.75) is 24.5 Å². The van der Waals surface area contributed by atoms with E-state index in [1.165, 1.54) is 11.8 Å². The molecule has 0 radical (unpaired) electrons. The van der Waals surface area contributed by atoms with Gasteiger partial charge in [0.2, 0.25) is 5.91 Å². The van der Waals surface area contributed by atoms with Gasteiger partial charge in [-0.15, -0.1) is 0 Å². The maximum atomic E-state index is 13.5. The molecule has 4 heterocycles. The van der Waals surface area contributed by atoms with Crippen molar-refractivity contribution in [1.82, 2.24) is 24.2 Å². The van der Waals surface area contributed by atoms with E-state index in [0.29, 0.717) is 41.5 Å². The van der Waals surface area contributed by atoms with Crippen LogP contribution in [0.4, 0.5) is 5.69 Å². The van der Waals surface area contributed by atoms with E-state index in [1.54, 1.807) is 22.6 Å². The average Bonchev–Trinajstić information content (AvgIpc) is 3.54. The summed E-state index contributed by atoms with van der Waals surface area (Å²) in [7, 11) is 1.66. The third-order valence-corrected chi connectivity index (χ3v) is 8.29. The molecule has 1 saturated heterocycles. The van der Waals surface area contributed by atoms with E-state index in [9.17, 15) is 9.59 Å². The number of ether oxygens (including phenoxy) is 1. The largest absolute Gasteiger partial charge is 0.497 e. The number of para-hydroxylation sites is 1. The van der Waals surface area contributed by atoms with Gasteiger partial charge in [-0.1, -0.05) is 30.0 Å². The van der Waals surface area contributed by atoms with E-state index < -0.39 is 0 Å². The van der Waals surface area contributed by atoms with E-state index in [2.05, 4.69) is 10.00 Å². The number of amides is 1. The highest BCUT2D eigenvalue weighted by molar-refractivity contribution is 7.99. The molecule has 1 atom stereocenters. The fourth-order valence-electron chi connectivity index (χ4n) is 5.10. The van der Waals surface area contributed by atoms with Crippen molar-refractivity contribution in [1.29, 1.82) is 0 Å². The molecular formula is C27H28N6O3S. The number of thioether (sulfide) groups is 1. The van der Waals surface area contributed by atoms with Crippen molar-refractivity contribution in [3.8, 4) is 11.4 Å². The lowest BCUT2D eigenvalue weighted by Crippen LogP contribution is -2.49. The number of hydrogen-bond donors (Lipinski definition) is 0. The first-order valence-electron chi connectivity index (χ1n) is 12.4. The maximum Gasteiger partial charge on any atom is 0.265 e. The lowest BCUT2D eigenvalue weighted by Gasteiger charge is -2.36. The summed E-state index contributed by atoms with van der Waals surface area (Å²) in [6.07, 6.45) is 1.88. The normalized spacial score (nSPS) is 17.3. The number of carbonyl (C=O) groups excluding carboxylic acids is 1. The molecule has 0 N–H and O–H groups in total. The molecule has 1 fully saturated rings. The number of methoxy groups -OCH3 is 1. The van der Waals surface area contributed by atoms with Crippen LogP contribution in [0.25, 0.3) is 16.7 Å². The maximum absolute atomic E-state index is 13.5. The van der Waals surface area contributed by atoms with Gasteiger partial charge in [-0.25, -0.2) is 9.67 Å². The summed E-state index contributed by atoms with van der Waals surface area (Å²) in [6.45, 7) is 4.87. The average molecular weight is 517 g/mol. The Morgan fingerprint density at radius 2 is 1.84 bits per heavy atom. The summed E-state index contributed by atoms with van der Waals surface area (Å²) in [4.78, 5) is 35.7. The second-order valence-corrected chi connectivity index (χ2v) is 10.4. The summed E-state index contributed by atoms with van der Waals surface area (Å²) in [6, 6.07) is 15.7.